The standard InChI is InChI=1S/C15H25NOS/c1-11-9-12(2)15(13(3)10-11)14(4)16-7-6-8-18(5)17/h9-10,14,16H,6-8H2,1-5H3. The van der Waals surface area contributed by atoms with Crippen molar-refractivity contribution in [1.29, 1.82) is 0 Å². The van der Waals surface area contributed by atoms with E-state index in [0.29, 0.717) is 6.04 Å². The van der Waals surface area contributed by atoms with Crippen LogP contribution < -0.4 is 5.32 Å². The van der Waals surface area contributed by atoms with Gasteiger partial charge in [0.15, 0.2) is 0 Å². The van der Waals surface area contributed by atoms with Crippen LogP contribution in [0.15, 0.2) is 12.1 Å². The van der Waals surface area contributed by atoms with Crippen molar-refractivity contribution in [2.45, 2.75) is 40.2 Å². The molecular weight excluding hydrogens is 242 g/mol. The molecule has 3 heteroatoms. The van der Waals surface area contributed by atoms with E-state index < -0.39 is 10.8 Å². The van der Waals surface area contributed by atoms with E-state index in [4.69, 9.17) is 0 Å². The predicted octanol–water partition coefficient (Wildman–Crippen LogP) is 3.03. The summed E-state index contributed by atoms with van der Waals surface area (Å²) >= 11 is 0. The van der Waals surface area contributed by atoms with E-state index in [0.717, 1.165) is 18.7 Å². The minimum absolute atomic E-state index is 0.357. The maximum Gasteiger partial charge on any atom is 0.0297 e. The fourth-order valence-electron chi connectivity index (χ4n) is 2.57. The zero-order valence-corrected chi connectivity index (χ0v) is 13.0. The largest absolute Gasteiger partial charge is 0.310 e. The highest BCUT2D eigenvalue weighted by molar-refractivity contribution is 7.84. The summed E-state index contributed by atoms with van der Waals surface area (Å²) in [4.78, 5) is 0. The fraction of sp³-hybridized carbons (Fsp3) is 0.600. The van der Waals surface area contributed by atoms with E-state index in [-0.39, 0.29) is 0 Å². The van der Waals surface area contributed by atoms with Gasteiger partial charge in [0.05, 0.1) is 0 Å². The molecule has 0 fully saturated rings. The molecule has 1 aromatic carbocycles. The van der Waals surface area contributed by atoms with E-state index >= 15 is 0 Å². The maximum absolute atomic E-state index is 11.0. The number of nitrogens with one attached hydrogen (secondary N) is 1. The zero-order valence-electron chi connectivity index (χ0n) is 12.2. The van der Waals surface area contributed by atoms with Crippen molar-refractivity contribution < 1.29 is 4.21 Å². The SMILES string of the molecule is Cc1cc(C)c(C(C)NCCCS(C)=O)c(C)c1. The first-order valence-electron chi connectivity index (χ1n) is 6.53. The zero-order chi connectivity index (χ0) is 13.7. The van der Waals surface area contributed by atoms with Crippen molar-refractivity contribution in [3.63, 3.8) is 0 Å². The van der Waals surface area contributed by atoms with Gasteiger partial charge in [0.2, 0.25) is 0 Å². The van der Waals surface area contributed by atoms with E-state index in [1.807, 2.05) is 0 Å². The van der Waals surface area contributed by atoms with Crippen LogP contribution in [-0.4, -0.2) is 22.8 Å². The third kappa shape index (κ3) is 4.54. The van der Waals surface area contributed by atoms with E-state index in [1.54, 1.807) is 6.26 Å². The summed E-state index contributed by atoms with van der Waals surface area (Å²) in [5.41, 5.74) is 5.43. The summed E-state index contributed by atoms with van der Waals surface area (Å²) in [5.74, 6) is 0.783. The molecule has 2 unspecified atom stereocenters. The van der Waals surface area contributed by atoms with Gasteiger partial charge < -0.3 is 5.32 Å². The molecule has 18 heavy (non-hydrogen) atoms. The fourth-order valence-corrected chi connectivity index (χ4v) is 3.12. The van der Waals surface area contributed by atoms with Gasteiger partial charge in [-0.05, 0) is 57.4 Å². The van der Waals surface area contributed by atoms with Crippen LogP contribution in [0, 0.1) is 20.8 Å². The van der Waals surface area contributed by atoms with Gasteiger partial charge in [-0.1, -0.05) is 17.7 Å². The Labute approximate surface area is 114 Å². The third-order valence-corrected chi connectivity index (χ3v) is 4.09. The number of benzene rings is 1. The molecule has 0 radical (unpaired) electrons. The van der Waals surface area contributed by atoms with Gasteiger partial charge >= 0.3 is 0 Å². The number of rotatable bonds is 6. The summed E-state index contributed by atoms with van der Waals surface area (Å²) in [7, 11) is -0.677. The van der Waals surface area contributed by atoms with Gasteiger partial charge in [0.25, 0.3) is 0 Å². The Bertz CT molecular complexity index is 405. The molecule has 0 aromatic heterocycles. The highest BCUT2D eigenvalue weighted by Gasteiger charge is 2.11. The molecule has 0 saturated heterocycles. The van der Waals surface area contributed by atoms with Crippen LogP contribution in [0.3, 0.4) is 0 Å². The predicted molar refractivity (Wildman–Crippen MR) is 80.6 cm³/mol. The van der Waals surface area contributed by atoms with Gasteiger partial charge in [-0.15, -0.1) is 0 Å². The van der Waals surface area contributed by atoms with Crippen LogP contribution in [0.4, 0.5) is 0 Å². The van der Waals surface area contributed by atoms with Crippen LogP contribution in [0.25, 0.3) is 0 Å². The lowest BCUT2D eigenvalue weighted by molar-refractivity contribution is 0.566. The highest BCUT2D eigenvalue weighted by atomic mass is 32.2. The Kier molecular flexibility index (Phi) is 6.03. The second-order valence-corrected chi connectivity index (χ2v) is 6.67. The Balaban J connectivity index is 2.61. The molecule has 0 spiro atoms. The molecule has 102 valence electrons. The smallest absolute Gasteiger partial charge is 0.0297 e. The Morgan fingerprint density at radius 2 is 1.78 bits per heavy atom. The van der Waals surface area contributed by atoms with Crippen molar-refractivity contribution in [1.82, 2.24) is 5.32 Å². The second kappa shape index (κ2) is 7.05. The van der Waals surface area contributed by atoms with E-state index in [1.165, 1.54) is 22.3 Å². The molecule has 0 aliphatic carbocycles. The molecule has 2 nitrogen and oxygen atoms in total. The Hall–Kier alpha value is -0.670. The van der Waals surface area contributed by atoms with E-state index in [9.17, 15) is 4.21 Å². The average molecular weight is 267 g/mol. The normalized spacial score (nSPS) is 14.5. The van der Waals surface area contributed by atoms with Gasteiger partial charge in [-0.2, -0.15) is 0 Å². The Morgan fingerprint density at radius 1 is 1.22 bits per heavy atom. The molecular formula is C15H25NOS. The quantitative estimate of drug-likeness (QED) is 0.803. The van der Waals surface area contributed by atoms with Crippen LogP contribution in [0.5, 0.6) is 0 Å². The summed E-state index contributed by atoms with van der Waals surface area (Å²) in [6.07, 6.45) is 2.73. The first-order chi connectivity index (χ1) is 8.41. The summed E-state index contributed by atoms with van der Waals surface area (Å²) in [5, 5.41) is 3.52. The lowest BCUT2D eigenvalue weighted by atomic mass is 9.95. The topological polar surface area (TPSA) is 29.1 Å². The maximum atomic E-state index is 11.0. The van der Waals surface area contributed by atoms with Crippen molar-refractivity contribution in [2.75, 3.05) is 18.6 Å². The minimum Gasteiger partial charge on any atom is -0.310 e. The van der Waals surface area contributed by atoms with Crippen molar-refractivity contribution in [2.24, 2.45) is 0 Å². The number of hydrogen-bond donors (Lipinski definition) is 1. The molecule has 2 atom stereocenters. The van der Waals surface area contributed by atoms with Crippen molar-refractivity contribution >= 4 is 10.8 Å². The van der Waals surface area contributed by atoms with Gasteiger partial charge in [0.1, 0.15) is 0 Å². The van der Waals surface area contributed by atoms with Gasteiger partial charge in [0, 0.05) is 28.9 Å². The van der Waals surface area contributed by atoms with Crippen molar-refractivity contribution in [3.8, 4) is 0 Å². The third-order valence-electron chi connectivity index (χ3n) is 3.23. The highest BCUT2D eigenvalue weighted by Crippen LogP contribution is 2.23. The lowest BCUT2D eigenvalue weighted by Crippen LogP contribution is -2.22. The molecule has 0 aliphatic heterocycles. The molecule has 1 aromatic rings. The van der Waals surface area contributed by atoms with E-state index in [2.05, 4.69) is 45.1 Å². The first kappa shape index (κ1) is 15.4. The minimum atomic E-state index is -0.677. The number of hydrogen-bond acceptors (Lipinski definition) is 2. The Morgan fingerprint density at radius 3 is 2.28 bits per heavy atom. The summed E-state index contributed by atoms with van der Waals surface area (Å²) in [6, 6.07) is 4.83. The van der Waals surface area contributed by atoms with Crippen LogP contribution in [-0.2, 0) is 10.8 Å². The molecule has 0 saturated carbocycles. The summed E-state index contributed by atoms with van der Waals surface area (Å²) in [6.45, 7) is 9.61. The van der Waals surface area contributed by atoms with Crippen LogP contribution in [0.2, 0.25) is 0 Å². The van der Waals surface area contributed by atoms with Gasteiger partial charge in [-0.3, -0.25) is 4.21 Å². The number of aryl methyl sites for hydroxylation is 3. The van der Waals surface area contributed by atoms with Crippen LogP contribution >= 0.6 is 0 Å². The molecule has 0 heterocycles. The monoisotopic (exact) mass is 267 g/mol. The molecule has 1 rings (SSSR count). The average Bonchev–Trinajstić information content (AvgIpc) is 2.22. The molecule has 1 N–H and O–H groups in total. The molecule has 0 aliphatic rings. The van der Waals surface area contributed by atoms with Crippen molar-refractivity contribution in [3.05, 3.63) is 34.4 Å². The van der Waals surface area contributed by atoms with Crippen LogP contribution in [0.1, 0.15) is 41.6 Å². The summed E-state index contributed by atoms with van der Waals surface area (Å²) < 4.78 is 11.0. The molecule has 0 bridgehead atoms. The first-order valence-corrected chi connectivity index (χ1v) is 8.25. The molecule has 0 amide bonds. The second-order valence-electron chi connectivity index (χ2n) is 5.12. The van der Waals surface area contributed by atoms with Gasteiger partial charge in [-0.25, -0.2) is 0 Å². The lowest BCUT2D eigenvalue weighted by Gasteiger charge is -2.19.